The summed E-state index contributed by atoms with van der Waals surface area (Å²) in [6, 6.07) is 5.91. The van der Waals surface area contributed by atoms with Crippen molar-refractivity contribution in [3.8, 4) is 11.4 Å². The van der Waals surface area contributed by atoms with Crippen LogP contribution in [0.4, 0.5) is 5.69 Å². The molecule has 5 heteroatoms. The van der Waals surface area contributed by atoms with Gasteiger partial charge in [-0.1, -0.05) is 25.5 Å². The molecule has 1 aromatic heterocycles. The van der Waals surface area contributed by atoms with Gasteiger partial charge in [0, 0.05) is 17.8 Å². The topological polar surface area (TPSA) is 69.6 Å². The summed E-state index contributed by atoms with van der Waals surface area (Å²) in [5.41, 5.74) is 8.71. The van der Waals surface area contributed by atoms with Gasteiger partial charge in [-0.3, -0.25) is 0 Å². The average molecular weight is 231 g/mol. The van der Waals surface area contributed by atoms with Crippen LogP contribution in [0.5, 0.6) is 0 Å². The summed E-state index contributed by atoms with van der Waals surface area (Å²) in [7, 11) is 0. The standard InChI is InChI=1S/C12H17N5/c1-3-4-7-17-12(14-15-16-17)10-6-5-9(2)11(13)8-10/h5-6,8H,3-4,7,13H2,1-2H3. The Balaban J connectivity index is 2.32. The molecule has 2 rings (SSSR count). The first-order valence-electron chi connectivity index (χ1n) is 5.85. The van der Waals surface area contributed by atoms with Crippen LogP contribution in [0, 0.1) is 6.92 Å². The number of hydrogen-bond acceptors (Lipinski definition) is 4. The zero-order valence-electron chi connectivity index (χ0n) is 10.2. The number of nitrogen functional groups attached to an aromatic ring is 1. The molecule has 1 heterocycles. The van der Waals surface area contributed by atoms with Crippen molar-refractivity contribution in [1.82, 2.24) is 20.2 Å². The van der Waals surface area contributed by atoms with Gasteiger partial charge in [-0.15, -0.1) is 5.10 Å². The van der Waals surface area contributed by atoms with Crippen molar-refractivity contribution in [3.05, 3.63) is 23.8 Å². The molecule has 0 fully saturated rings. The molecule has 0 atom stereocenters. The van der Waals surface area contributed by atoms with E-state index in [4.69, 9.17) is 5.73 Å². The highest BCUT2D eigenvalue weighted by atomic mass is 15.5. The summed E-state index contributed by atoms with van der Waals surface area (Å²) in [6.45, 7) is 4.97. The Kier molecular flexibility index (Phi) is 3.37. The van der Waals surface area contributed by atoms with Gasteiger partial charge in [0.2, 0.25) is 0 Å². The second kappa shape index (κ2) is 4.95. The van der Waals surface area contributed by atoms with Crippen molar-refractivity contribution in [2.75, 3.05) is 5.73 Å². The molecule has 17 heavy (non-hydrogen) atoms. The average Bonchev–Trinajstić information content (AvgIpc) is 2.78. The number of hydrogen-bond donors (Lipinski definition) is 1. The van der Waals surface area contributed by atoms with E-state index in [1.807, 2.05) is 29.8 Å². The molecule has 2 N–H and O–H groups in total. The van der Waals surface area contributed by atoms with Crippen molar-refractivity contribution in [1.29, 1.82) is 0 Å². The number of aromatic nitrogens is 4. The van der Waals surface area contributed by atoms with E-state index in [2.05, 4.69) is 22.4 Å². The molecule has 2 aromatic rings. The lowest BCUT2D eigenvalue weighted by Gasteiger charge is -2.05. The summed E-state index contributed by atoms with van der Waals surface area (Å²) >= 11 is 0. The van der Waals surface area contributed by atoms with Crippen molar-refractivity contribution in [3.63, 3.8) is 0 Å². The molecule has 0 unspecified atom stereocenters. The molecular formula is C12H17N5. The monoisotopic (exact) mass is 231 g/mol. The number of nitrogens with zero attached hydrogens (tertiary/aromatic N) is 4. The Morgan fingerprint density at radius 1 is 1.35 bits per heavy atom. The fraction of sp³-hybridized carbons (Fsp3) is 0.417. The molecule has 0 spiro atoms. The highest BCUT2D eigenvalue weighted by molar-refractivity contribution is 5.63. The van der Waals surface area contributed by atoms with Crippen LogP contribution in [0.2, 0.25) is 0 Å². The maximum atomic E-state index is 5.90. The Bertz CT molecular complexity index is 503. The molecule has 90 valence electrons. The third kappa shape index (κ3) is 2.43. The number of anilines is 1. The summed E-state index contributed by atoms with van der Waals surface area (Å²) in [4.78, 5) is 0. The van der Waals surface area contributed by atoms with Crippen molar-refractivity contribution in [2.24, 2.45) is 0 Å². The molecular weight excluding hydrogens is 214 g/mol. The molecule has 1 aromatic carbocycles. The number of tetrazole rings is 1. The molecule has 0 radical (unpaired) electrons. The molecule has 5 nitrogen and oxygen atoms in total. The van der Waals surface area contributed by atoms with Crippen LogP contribution in [-0.4, -0.2) is 20.2 Å². The van der Waals surface area contributed by atoms with Gasteiger partial charge in [0.1, 0.15) is 0 Å². The largest absolute Gasteiger partial charge is 0.398 e. The minimum Gasteiger partial charge on any atom is -0.398 e. The predicted molar refractivity (Wildman–Crippen MR) is 67.3 cm³/mol. The first-order valence-corrected chi connectivity index (χ1v) is 5.85. The maximum absolute atomic E-state index is 5.90. The number of unbranched alkanes of at least 4 members (excludes halogenated alkanes) is 1. The fourth-order valence-corrected chi connectivity index (χ4v) is 1.65. The van der Waals surface area contributed by atoms with E-state index in [0.717, 1.165) is 42.0 Å². The Hall–Kier alpha value is -1.91. The summed E-state index contributed by atoms with van der Waals surface area (Å²) in [5.74, 6) is 0.783. The van der Waals surface area contributed by atoms with Crippen molar-refractivity contribution in [2.45, 2.75) is 33.2 Å². The third-order valence-electron chi connectivity index (χ3n) is 2.79. The van der Waals surface area contributed by atoms with Gasteiger partial charge in [0.15, 0.2) is 5.82 Å². The number of aryl methyl sites for hydroxylation is 2. The van der Waals surface area contributed by atoms with E-state index in [-0.39, 0.29) is 0 Å². The maximum Gasteiger partial charge on any atom is 0.182 e. The van der Waals surface area contributed by atoms with Gasteiger partial charge in [-0.2, -0.15) is 0 Å². The molecule has 0 saturated heterocycles. The first kappa shape index (κ1) is 11.6. The minimum absolute atomic E-state index is 0.771. The summed E-state index contributed by atoms with van der Waals surface area (Å²) in [5, 5.41) is 11.8. The summed E-state index contributed by atoms with van der Waals surface area (Å²) < 4.78 is 1.83. The lowest BCUT2D eigenvalue weighted by molar-refractivity contribution is 0.557. The number of benzene rings is 1. The lowest BCUT2D eigenvalue weighted by Crippen LogP contribution is -2.03. The van der Waals surface area contributed by atoms with Crippen LogP contribution in [0.1, 0.15) is 25.3 Å². The number of rotatable bonds is 4. The second-order valence-electron chi connectivity index (χ2n) is 4.15. The minimum atomic E-state index is 0.771. The predicted octanol–water partition coefficient (Wildman–Crippen LogP) is 2.03. The van der Waals surface area contributed by atoms with E-state index in [1.165, 1.54) is 0 Å². The van der Waals surface area contributed by atoms with E-state index in [9.17, 15) is 0 Å². The van der Waals surface area contributed by atoms with Crippen molar-refractivity contribution < 1.29 is 0 Å². The van der Waals surface area contributed by atoms with Gasteiger partial charge in [-0.05, 0) is 35.4 Å². The van der Waals surface area contributed by atoms with Crippen LogP contribution in [0.15, 0.2) is 18.2 Å². The molecule has 0 amide bonds. The molecule has 0 saturated carbocycles. The second-order valence-corrected chi connectivity index (χ2v) is 4.15. The quantitative estimate of drug-likeness (QED) is 0.817. The first-order chi connectivity index (χ1) is 8.22. The van der Waals surface area contributed by atoms with Gasteiger partial charge < -0.3 is 5.73 Å². The lowest BCUT2D eigenvalue weighted by atomic mass is 10.1. The molecule has 0 aliphatic carbocycles. The van der Waals surface area contributed by atoms with E-state index < -0.39 is 0 Å². The van der Waals surface area contributed by atoms with Gasteiger partial charge in [-0.25, -0.2) is 4.68 Å². The highest BCUT2D eigenvalue weighted by Crippen LogP contribution is 2.21. The molecule has 0 aliphatic rings. The highest BCUT2D eigenvalue weighted by Gasteiger charge is 2.09. The van der Waals surface area contributed by atoms with Crippen LogP contribution < -0.4 is 5.73 Å². The van der Waals surface area contributed by atoms with Crippen LogP contribution in [0.3, 0.4) is 0 Å². The van der Waals surface area contributed by atoms with Crippen LogP contribution in [0.25, 0.3) is 11.4 Å². The van der Waals surface area contributed by atoms with Crippen LogP contribution in [-0.2, 0) is 6.54 Å². The normalized spacial score (nSPS) is 10.7. The Morgan fingerprint density at radius 2 is 2.18 bits per heavy atom. The van der Waals surface area contributed by atoms with Gasteiger partial charge in [0.25, 0.3) is 0 Å². The zero-order chi connectivity index (χ0) is 12.3. The molecule has 0 aliphatic heterocycles. The Morgan fingerprint density at radius 3 is 2.88 bits per heavy atom. The molecule has 0 bridgehead atoms. The van der Waals surface area contributed by atoms with E-state index in [0.29, 0.717) is 0 Å². The van der Waals surface area contributed by atoms with Crippen molar-refractivity contribution >= 4 is 5.69 Å². The van der Waals surface area contributed by atoms with Crippen LogP contribution >= 0.6 is 0 Å². The third-order valence-corrected chi connectivity index (χ3v) is 2.79. The van der Waals surface area contributed by atoms with E-state index in [1.54, 1.807) is 0 Å². The van der Waals surface area contributed by atoms with Gasteiger partial charge in [0.05, 0.1) is 0 Å². The Labute approximate surface area is 101 Å². The smallest absolute Gasteiger partial charge is 0.182 e. The van der Waals surface area contributed by atoms with Gasteiger partial charge >= 0.3 is 0 Å². The SMILES string of the molecule is CCCCn1nnnc1-c1ccc(C)c(N)c1. The number of nitrogens with two attached hydrogens (primary N) is 1. The zero-order valence-corrected chi connectivity index (χ0v) is 10.2. The van der Waals surface area contributed by atoms with E-state index >= 15 is 0 Å². The fourth-order valence-electron chi connectivity index (χ4n) is 1.65. The summed E-state index contributed by atoms with van der Waals surface area (Å²) in [6.07, 6.45) is 2.19.